The average molecular weight is 443 g/mol. The number of aliphatic hydroxyl groups excluding tert-OH is 1. The lowest BCUT2D eigenvalue weighted by Gasteiger charge is -2.23. The smallest absolute Gasteiger partial charge is 0.317 e. The summed E-state index contributed by atoms with van der Waals surface area (Å²) in [5.74, 6) is 1.72. The largest absolute Gasteiger partial charge is 0.396 e. The normalized spacial score (nSPS) is 30.4. The van der Waals surface area contributed by atoms with Crippen molar-refractivity contribution >= 4 is 27.9 Å². The van der Waals surface area contributed by atoms with Gasteiger partial charge in [0.1, 0.15) is 17.2 Å². The Labute approximate surface area is 176 Å². The first-order valence-electron chi connectivity index (χ1n) is 10.0. The Balaban J connectivity index is 0.000000297. The molecule has 168 valence electrons. The van der Waals surface area contributed by atoms with Crippen LogP contribution in [0.1, 0.15) is 38.5 Å². The Kier molecular flexibility index (Phi) is 8.60. The van der Waals surface area contributed by atoms with Crippen molar-refractivity contribution < 1.29 is 27.9 Å². The monoisotopic (exact) mass is 442 g/mol. The van der Waals surface area contributed by atoms with Crippen molar-refractivity contribution in [3.05, 3.63) is 17.7 Å². The minimum Gasteiger partial charge on any atom is -0.396 e. The van der Waals surface area contributed by atoms with E-state index in [4.69, 9.17) is 5.11 Å². The fourth-order valence-electron chi connectivity index (χ4n) is 3.08. The summed E-state index contributed by atoms with van der Waals surface area (Å²) in [4.78, 5) is 35.6. The van der Waals surface area contributed by atoms with Gasteiger partial charge in [-0.05, 0) is 38.0 Å². The third-order valence-electron chi connectivity index (χ3n) is 5.21. The molecule has 10 nitrogen and oxygen atoms in total. The van der Waals surface area contributed by atoms with E-state index in [2.05, 4.69) is 27.9 Å². The summed E-state index contributed by atoms with van der Waals surface area (Å²) in [6, 6.07) is -0.755. The quantitative estimate of drug-likeness (QED) is 0.338. The SMILES string of the molecule is CN1CCCC/C=C/C2CC2NC(=O)C(CCO)NC1=O.NS(=O)(=O)C1CC1=C=O. The third kappa shape index (κ3) is 7.56. The van der Waals surface area contributed by atoms with Gasteiger partial charge >= 0.3 is 6.03 Å². The molecule has 5 N–H and O–H groups in total. The zero-order valence-corrected chi connectivity index (χ0v) is 17.9. The molecule has 2 aliphatic carbocycles. The molecular formula is C19H30N4O6S. The van der Waals surface area contributed by atoms with Gasteiger partial charge in [-0.1, -0.05) is 12.2 Å². The molecule has 3 rings (SSSR count). The second-order valence-electron chi connectivity index (χ2n) is 7.78. The second kappa shape index (κ2) is 10.7. The van der Waals surface area contributed by atoms with Gasteiger partial charge in [0.2, 0.25) is 15.9 Å². The number of aliphatic hydroxyl groups is 1. The molecule has 1 aliphatic heterocycles. The van der Waals surface area contributed by atoms with Crippen molar-refractivity contribution in [3.63, 3.8) is 0 Å². The van der Waals surface area contributed by atoms with Gasteiger partial charge < -0.3 is 20.6 Å². The number of carbonyl (C=O) groups is 2. The maximum atomic E-state index is 12.2. The van der Waals surface area contributed by atoms with E-state index >= 15 is 0 Å². The van der Waals surface area contributed by atoms with Crippen LogP contribution in [-0.4, -0.2) is 73.8 Å². The minimum absolute atomic E-state index is 0.129. The lowest BCUT2D eigenvalue weighted by molar-refractivity contribution is -0.123. The number of nitrogens with zero attached hydrogens (tertiary/aromatic N) is 1. The second-order valence-corrected chi connectivity index (χ2v) is 9.53. The summed E-state index contributed by atoms with van der Waals surface area (Å²) in [6.07, 6.45) is 8.83. The first kappa shape index (κ1) is 24.1. The molecule has 0 saturated heterocycles. The Morgan fingerprint density at radius 1 is 1.30 bits per heavy atom. The van der Waals surface area contributed by atoms with E-state index in [0.29, 0.717) is 12.5 Å². The number of urea groups is 1. The van der Waals surface area contributed by atoms with Gasteiger partial charge in [0.25, 0.3) is 0 Å². The van der Waals surface area contributed by atoms with Crippen molar-refractivity contribution in [1.29, 1.82) is 0 Å². The molecular weight excluding hydrogens is 412 g/mol. The van der Waals surface area contributed by atoms with E-state index in [-0.39, 0.29) is 43.0 Å². The number of nitrogens with one attached hydrogen (secondary N) is 2. The number of allylic oxidation sites excluding steroid dienone is 1. The van der Waals surface area contributed by atoms with E-state index in [1.54, 1.807) is 11.9 Å². The number of amides is 3. The maximum absolute atomic E-state index is 12.2. The molecule has 4 unspecified atom stereocenters. The van der Waals surface area contributed by atoms with Crippen LogP contribution in [-0.2, 0) is 19.6 Å². The van der Waals surface area contributed by atoms with Gasteiger partial charge in [-0.15, -0.1) is 0 Å². The number of sulfonamides is 1. The zero-order chi connectivity index (χ0) is 22.3. The van der Waals surface area contributed by atoms with Gasteiger partial charge in [-0.3, -0.25) is 4.79 Å². The van der Waals surface area contributed by atoms with Crippen LogP contribution < -0.4 is 15.8 Å². The predicted molar refractivity (Wildman–Crippen MR) is 110 cm³/mol. The number of primary sulfonamides is 1. The Hall–Kier alpha value is -2.20. The van der Waals surface area contributed by atoms with Crippen LogP contribution >= 0.6 is 0 Å². The van der Waals surface area contributed by atoms with E-state index in [9.17, 15) is 22.8 Å². The van der Waals surface area contributed by atoms with E-state index in [0.717, 1.165) is 25.7 Å². The standard InChI is InChI=1S/C15H25N3O3.C4H5NO3S/c1-18-8-5-3-2-4-6-11-10-13(11)16-14(20)12(7-9-19)17-15(18)21;5-9(7,8)4-1-3(4)2-6/h4,6,11-13,19H,2-3,5,7-10H2,1H3,(H,16,20)(H,17,21);4H,1H2,(H2,5,7,8)/b6-4+;. The van der Waals surface area contributed by atoms with Crippen LogP contribution in [0.25, 0.3) is 0 Å². The van der Waals surface area contributed by atoms with Crippen molar-refractivity contribution in [3.8, 4) is 0 Å². The number of nitrogens with two attached hydrogens (primary N) is 1. The number of fused-ring (bicyclic) bond motifs is 1. The van der Waals surface area contributed by atoms with Crippen LogP contribution in [0.3, 0.4) is 0 Å². The molecule has 2 fully saturated rings. The molecule has 0 aromatic rings. The van der Waals surface area contributed by atoms with Gasteiger partial charge in [-0.25, -0.2) is 23.1 Å². The summed E-state index contributed by atoms with van der Waals surface area (Å²) < 4.78 is 20.7. The first-order chi connectivity index (χ1) is 14.2. The fraction of sp³-hybridized carbons (Fsp3) is 0.684. The highest BCUT2D eigenvalue weighted by Crippen LogP contribution is 2.32. The number of hydrogen-bond donors (Lipinski definition) is 4. The van der Waals surface area contributed by atoms with Gasteiger partial charge in [0.15, 0.2) is 0 Å². The highest BCUT2D eigenvalue weighted by atomic mass is 32.2. The molecule has 0 spiro atoms. The van der Waals surface area contributed by atoms with E-state index in [1.807, 2.05) is 0 Å². The summed E-state index contributed by atoms with van der Waals surface area (Å²) in [5, 5.41) is 18.7. The van der Waals surface area contributed by atoms with Crippen molar-refractivity contribution in [2.75, 3.05) is 20.2 Å². The number of rotatable bonds is 3. The topological polar surface area (TPSA) is 159 Å². The summed E-state index contributed by atoms with van der Waals surface area (Å²) in [5.41, 5.74) is 0.262. The third-order valence-corrected chi connectivity index (χ3v) is 6.45. The van der Waals surface area contributed by atoms with Crippen LogP contribution in [0.15, 0.2) is 17.7 Å². The molecule has 3 amide bonds. The first-order valence-corrected chi connectivity index (χ1v) is 11.6. The highest BCUT2D eigenvalue weighted by Gasteiger charge is 2.41. The molecule has 11 heteroatoms. The molecule has 0 bridgehead atoms. The summed E-state index contributed by atoms with van der Waals surface area (Å²) >= 11 is 0. The van der Waals surface area contributed by atoms with Crippen LogP contribution in [0, 0.1) is 5.92 Å². The van der Waals surface area contributed by atoms with Crippen LogP contribution in [0.5, 0.6) is 0 Å². The molecule has 0 aromatic heterocycles. The summed E-state index contributed by atoms with van der Waals surface area (Å²) in [7, 11) is -1.77. The lowest BCUT2D eigenvalue weighted by Crippen LogP contribution is -2.51. The molecule has 0 aromatic carbocycles. The van der Waals surface area contributed by atoms with Gasteiger partial charge in [0.05, 0.1) is 0 Å². The van der Waals surface area contributed by atoms with Crippen molar-refractivity contribution in [2.24, 2.45) is 11.1 Å². The highest BCUT2D eigenvalue weighted by molar-refractivity contribution is 7.90. The van der Waals surface area contributed by atoms with Crippen LogP contribution in [0.2, 0.25) is 0 Å². The molecule has 0 radical (unpaired) electrons. The number of hydrogen-bond acceptors (Lipinski definition) is 6. The fourth-order valence-corrected chi connectivity index (χ4v) is 3.94. The van der Waals surface area contributed by atoms with Gasteiger partial charge in [-0.2, -0.15) is 0 Å². The molecule has 2 saturated carbocycles. The molecule has 30 heavy (non-hydrogen) atoms. The molecule has 1 heterocycles. The Morgan fingerprint density at radius 2 is 2.03 bits per heavy atom. The van der Waals surface area contributed by atoms with Crippen molar-refractivity contribution in [1.82, 2.24) is 15.5 Å². The predicted octanol–water partition coefficient (Wildman–Crippen LogP) is -0.571. The summed E-state index contributed by atoms with van der Waals surface area (Å²) in [6.45, 7) is 0.537. The zero-order valence-electron chi connectivity index (χ0n) is 17.0. The molecule has 3 aliphatic rings. The Bertz CT molecular complexity index is 821. The lowest BCUT2D eigenvalue weighted by atomic mass is 10.2. The number of carbonyl (C=O) groups excluding carboxylic acids is 3. The minimum atomic E-state index is -3.49. The van der Waals surface area contributed by atoms with E-state index < -0.39 is 21.3 Å². The average Bonchev–Trinajstić information content (AvgIpc) is 3.58. The molecule has 4 atom stereocenters. The Morgan fingerprint density at radius 3 is 2.60 bits per heavy atom. The van der Waals surface area contributed by atoms with Crippen LogP contribution in [0.4, 0.5) is 4.79 Å². The van der Waals surface area contributed by atoms with Crippen molar-refractivity contribution in [2.45, 2.75) is 55.9 Å². The van der Waals surface area contributed by atoms with E-state index in [1.165, 1.54) is 5.94 Å². The maximum Gasteiger partial charge on any atom is 0.317 e. The van der Waals surface area contributed by atoms with Gasteiger partial charge in [0, 0.05) is 38.2 Å².